The highest BCUT2D eigenvalue weighted by Gasteiger charge is 2.32. The Morgan fingerprint density at radius 1 is 1.23 bits per heavy atom. The number of hydrogen-bond acceptors (Lipinski definition) is 3. The van der Waals surface area contributed by atoms with Crippen molar-refractivity contribution < 1.29 is 13.2 Å². The fourth-order valence-electron chi connectivity index (χ4n) is 2.44. The maximum absolute atomic E-state index is 12.9. The molecule has 26 heavy (non-hydrogen) atoms. The van der Waals surface area contributed by atoms with Crippen molar-refractivity contribution in [3.63, 3.8) is 0 Å². The number of alkyl halides is 3. The van der Waals surface area contributed by atoms with Gasteiger partial charge in [0.2, 0.25) is 0 Å². The summed E-state index contributed by atoms with van der Waals surface area (Å²) in [6.07, 6.45) is -2.88. The molecule has 0 amide bonds. The summed E-state index contributed by atoms with van der Waals surface area (Å²) in [6, 6.07) is 8.56. The third-order valence-corrected chi connectivity index (χ3v) is 5.07. The molecule has 0 bridgehead atoms. The first-order chi connectivity index (χ1) is 12.3. The maximum atomic E-state index is 12.9. The first-order valence-electron chi connectivity index (χ1n) is 7.79. The quantitative estimate of drug-likeness (QED) is 0.601. The van der Waals surface area contributed by atoms with Gasteiger partial charge in [0.1, 0.15) is 10.0 Å². The van der Waals surface area contributed by atoms with Crippen LogP contribution in [-0.4, -0.2) is 9.55 Å². The van der Waals surface area contributed by atoms with Gasteiger partial charge in [0.25, 0.3) is 5.56 Å². The average molecular weight is 399 g/mol. The number of halogens is 4. The minimum absolute atomic E-state index is 0.0774. The smallest absolute Gasteiger partial charge is 0.308 e. The highest BCUT2D eigenvalue weighted by Crippen LogP contribution is 2.30. The number of thiazole rings is 1. The molecular weight excluding hydrogens is 385 g/mol. The number of benzene rings is 1. The van der Waals surface area contributed by atoms with Crippen molar-refractivity contribution in [2.45, 2.75) is 26.1 Å². The Balaban J connectivity index is 1.89. The Morgan fingerprint density at radius 2 is 1.92 bits per heavy atom. The summed E-state index contributed by atoms with van der Waals surface area (Å²) in [7, 11) is 0. The number of hydrogen-bond donors (Lipinski definition) is 0. The van der Waals surface area contributed by atoms with Gasteiger partial charge in [-0.25, -0.2) is 4.98 Å². The van der Waals surface area contributed by atoms with Crippen molar-refractivity contribution in [2.24, 2.45) is 0 Å². The third kappa shape index (κ3) is 3.99. The Labute approximate surface area is 156 Å². The van der Waals surface area contributed by atoms with Crippen LogP contribution in [0.15, 0.2) is 46.7 Å². The number of aryl methyl sites for hydroxylation is 1. The predicted molar refractivity (Wildman–Crippen MR) is 96.7 cm³/mol. The van der Waals surface area contributed by atoms with E-state index >= 15 is 0 Å². The van der Waals surface area contributed by atoms with E-state index in [0.29, 0.717) is 11.8 Å². The molecule has 0 radical (unpaired) electrons. The van der Waals surface area contributed by atoms with Gasteiger partial charge in [-0.2, -0.15) is 13.2 Å². The van der Waals surface area contributed by atoms with Crippen molar-refractivity contribution in [3.05, 3.63) is 74.1 Å². The molecule has 2 heterocycles. The van der Waals surface area contributed by atoms with E-state index in [2.05, 4.69) is 11.9 Å². The van der Waals surface area contributed by atoms with Crippen LogP contribution in [0.1, 0.15) is 23.7 Å². The van der Waals surface area contributed by atoms with Crippen LogP contribution in [0, 0.1) is 0 Å². The molecule has 0 saturated carbocycles. The molecular formula is C18H14ClF3N2OS. The zero-order valence-electron chi connectivity index (χ0n) is 13.7. The highest BCUT2D eigenvalue weighted by molar-refractivity contribution is 7.13. The molecule has 0 atom stereocenters. The van der Waals surface area contributed by atoms with Crippen molar-refractivity contribution in [1.29, 1.82) is 0 Å². The van der Waals surface area contributed by atoms with E-state index in [4.69, 9.17) is 11.6 Å². The molecule has 1 aromatic carbocycles. The molecule has 0 aliphatic carbocycles. The van der Waals surface area contributed by atoms with Crippen LogP contribution in [0.5, 0.6) is 0 Å². The lowest BCUT2D eigenvalue weighted by Gasteiger charge is -2.10. The summed E-state index contributed by atoms with van der Waals surface area (Å²) >= 11 is 7.04. The standard InChI is InChI=1S/C18H14ClF3N2OS/c1-2-11-3-5-12(6-4-11)16-23-14(10-26-16)9-24-8-13(18(20,21)22)7-15(19)17(24)25/h3-8,10H,2,9H2,1H3. The Morgan fingerprint density at radius 3 is 2.54 bits per heavy atom. The summed E-state index contributed by atoms with van der Waals surface area (Å²) < 4.78 is 39.7. The molecule has 2 aromatic heterocycles. The second kappa shape index (κ2) is 7.25. The minimum atomic E-state index is -4.58. The lowest BCUT2D eigenvalue weighted by atomic mass is 10.1. The second-order valence-corrected chi connectivity index (χ2v) is 6.97. The molecule has 0 spiro atoms. The molecule has 0 N–H and O–H groups in total. The van der Waals surface area contributed by atoms with E-state index in [9.17, 15) is 18.0 Å². The molecule has 0 aliphatic heterocycles. The van der Waals surface area contributed by atoms with E-state index in [-0.39, 0.29) is 6.54 Å². The largest absolute Gasteiger partial charge is 0.417 e. The summed E-state index contributed by atoms with van der Waals surface area (Å²) in [6.45, 7) is 1.99. The zero-order valence-corrected chi connectivity index (χ0v) is 15.3. The van der Waals surface area contributed by atoms with E-state index in [1.807, 2.05) is 24.3 Å². The van der Waals surface area contributed by atoms with Crippen molar-refractivity contribution in [2.75, 3.05) is 0 Å². The summed E-state index contributed by atoms with van der Waals surface area (Å²) in [5.74, 6) is 0. The number of aromatic nitrogens is 2. The molecule has 0 aliphatic rings. The molecule has 8 heteroatoms. The van der Waals surface area contributed by atoms with Crippen LogP contribution < -0.4 is 5.56 Å². The summed E-state index contributed by atoms with van der Waals surface area (Å²) in [5, 5.41) is 2.00. The molecule has 3 aromatic rings. The van der Waals surface area contributed by atoms with Crippen molar-refractivity contribution in [1.82, 2.24) is 9.55 Å². The van der Waals surface area contributed by atoms with Crippen molar-refractivity contribution in [3.8, 4) is 10.6 Å². The van der Waals surface area contributed by atoms with Gasteiger partial charge in [-0.3, -0.25) is 4.79 Å². The lowest BCUT2D eigenvalue weighted by molar-refractivity contribution is -0.138. The molecule has 3 nitrogen and oxygen atoms in total. The van der Waals surface area contributed by atoms with Crippen LogP contribution in [-0.2, 0) is 19.1 Å². The van der Waals surface area contributed by atoms with Crippen LogP contribution in [0.2, 0.25) is 5.02 Å². The predicted octanol–water partition coefficient (Wildman–Crippen LogP) is 5.25. The Bertz CT molecular complexity index is 977. The van der Waals surface area contributed by atoms with Crippen LogP contribution in [0.3, 0.4) is 0 Å². The Kier molecular flexibility index (Phi) is 5.20. The van der Waals surface area contributed by atoms with E-state index in [1.165, 1.54) is 16.9 Å². The van der Waals surface area contributed by atoms with Crippen LogP contribution >= 0.6 is 22.9 Å². The van der Waals surface area contributed by atoms with E-state index in [1.54, 1.807) is 5.38 Å². The van der Waals surface area contributed by atoms with Gasteiger partial charge in [-0.15, -0.1) is 11.3 Å². The van der Waals surface area contributed by atoms with E-state index < -0.39 is 22.3 Å². The summed E-state index contributed by atoms with van der Waals surface area (Å²) in [4.78, 5) is 16.5. The maximum Gasteiger partial charge on any atom is 0.417 e. The highest BCUT2D eigenvalue weighted by atomic mass is 35.5. The van der Waals surface area contributed by atoms with Gasteiger partial charge in [0, 0.05) is 17.1 Å². The zero-order chi connectivity index (χ0) is 18.9. The van der Waals surface area contributed by atoms with Crippen molar-refractivity contribution >= 4 is 22.9 Å². The fraction of sp³-hybridized carbons (Fsp3) is 0.222. The lowest BCUT2D eigenvalue weighted by Crippen LogP contribution is -2.23. The average Bonchev–Trinajstić information content (AvgIpc) is 3.06. The molecule has 136 valence electrons. The van der Waals surface area contributed by atoms with Gasteiger partial charge in [-0.05, 0) is 18.1 Å². The molecule has 0 saturated heterocycles. The van der Waals surface area contributed by atoms with E-state index in [0.717, 1.165) is 27.8 Å². The molecule has 0 unspecified atom stereocenters. The second-order valence-electron chi connectivity index (χ2n) is 5.70. The number of pyridine rings is 1. The number of nitrogens with zero attached hydrogens (tertiary/aromatic N) is 2. The third-order valence-electron chi connectivity index (χ3n) is 3.86. The van der Waals surface area contributed by atoms with Gasteiger partial charge < -0.3 is 4.57 Å². The molecule has 0 fully saturated rings. The number of rotatable bonds is 4. The molecule has 3 rings (SSSR count). The van der Waals surface area contributed by atoms with Crippen LogP contribution in [0.4, 0.5) is 13.2 Å². The van der Waals surface area contributed by atoms with Gasteiger partial charge in [0.15, 0.2) is 0 Å². The SMILES string of the molecule is CCc1ccc(-c2nc(Cn3cc(C(F)(F)F)cc(Cl)c3=O)cs2)cc1. The van der Waals surface area contributed by atoms with Gasteiger partial charge in [0.05, 0.1) is 17.8 Å². The van der Waals surface area contributed by atoms with Gasteiger partial charge >= 0.3 is 6.18 Å². The Hall–Kier alpha value is -2.12. The monoisotopic (exact) mass is 398 g/mol. The fourth-order valence-corrected chi connectivity index (χ4v) is 3.48. The van der Waals surface area contributed by atoms with Crippen LogP contribution in [0.25, 0.3) is 10.6 Å². The first kappa shape index (κ1) is 18.7. The first-order valence-corrected chi connectivity index (χ1v) is 9.04. The normalized spacial score (nSPS) is 11.7. The topological polar surface area (TPSA) is 34.9 Å². The summed E-state index contributed by atoms with van der Waals surface area (Å²) in [5.41, 5.74) is 0.986. The van der Waals surface area contributed by atoms with Gasteiger partial charge in [-0.1, -0.05) is 42.8 Å². The minimum Gasteiger partial charge on any atom is -0.308 e.